The summed E-state index contributed by atoms with van der Waals surface area (Å²) in [4.78, 5) is 25.7. The molecule has 1 fully saturated rings. The molecule has 2 aromatic carbocycles. The quantitative estimate of drug-likeness (QED) is 0.600. The number of methoxy groups -OCH3 is 1. The number of ether oxygens (including phenoxy) is 1. The summed E-state index contributed by atoms with van der Waals surface area (Å²) in [5.74, 6) is -0.148. The molecule has 8 heteroatoms. The van der Waals surface area contributed by atoms with Gasteiger partial charge in [0, 0.05) is 5.02 Å². The highest BCUT2D eigenvalue weighted by atomic mass is 35.5. The van der Waals surface area contributed by atoms with Gasteiger partial charge in [0.2, 0.25) is 0 Å². The van der Waals surface area contributed by atoms with Crippen LogP contribution >= 0.6 is 34.8 Å². The fraction of sp³-hybridized carbons (Fsp3) is 0.0588. The molecule has 1 saturated heterocycles. The van der Waals surface area contributed by atoms with Crippen molar-refractivity contribution in [3.05, 3.63) is 62.7 Å². The zero-order valence-corrected chi connectivity index (χ0v) is 15.1. The molecule has 0 atom stereocenters. The van der Waals surface area contributed by atoms with Crippen molar-refractivity contribution >= 4 is 58.5 Å². The van der Waals surface area contributed by atoms with E-state index in [1.54, 1.807) is 36.4 Å². The lowest BCUT2D eigenvalue weighted by Gasteiger charge is -2.11. The molecule has 1 heterocycles. The van der Waals surface area contributed by atoms with Crippen LogP contribution in [0, 0.1) is 0 Å². The first-order valence-corrected chi connectivity index (χ1v) is 8.20. The topological polar surface area (TPSA) is 58.6 Å². The second-order valence-corrected chi connectivity index (χ2v) is 6.37. The smallest absolute Gasteiger partial charge is 0.333 e. The Kier molecular flexibility index (Phi) is 4.90. The number of carbonyl (C=O) groups excluding carboxylic acids is 2. The third-order valence-corrected chi connectivity index (χ3v) is 4.31. The molecule has 5 nitrogen and oxygen atoms in total. The molecule has 0 saturated carbocycles. The second kappa shape index (κ2) is 6.96. The minimum absolute atomic E-state index is 0.109. The molecule has 0 aliphatic carbocycles. The number of hydrogen-bond donors (Lipinski definition) is 1. The lowest BCUT2D eigenvalue weighted by Crippen LogP contribution is -2.30. The summed E-state index contributed by atoms with van der Waals surface area (Å²) in [5, 5.41) is 3.64. The van der Waals surface area contributed by atoms with Crippen molar-refractivity contribution in [3.63, 3.8) is 0 Å². The molecule has 25 heavy (non-hydrogen) atoms. The summed E-state index contributed by atoms with van der Waals surface area (Å²) < 4.78 is 5.08. The fourth-order valence-electron chi connectivity index (χ4n) is 2.38. The molecule has 3 rings (SSSR count). The minimum atomic E-state index is -0.552. The van der Waals surface area contributed by atoms with E-state index < -0.39 is 11.9 Å². The number of amides is 3. The number of carbonyl (C=O) groups is 2. The SMILES string of the molecule is COc1c(Cl)cc(C=C2NC(=O)N(c3ccc(Cl)cc3)C2=O)cc1Cl. The summed E-state index contributed by atoms with van der Waals surface area (Å²) in [6.07, 6.45) is 1.49. The van der Waals surface area contributed by atoms with Crippen LogP contribution in [-0.2, 0) is 4.79 Å². The summed E-state index contributed by atoms with van der Waals surface area (Å²) in [6.45, 7) is 0. The molecule has 1 N–H and O–H groups in total. The first-order chi connectivity index (χ1) is 11.9. The first-order valence-electron chi connectivity index (χ1n) is 7.06. The maximum atomic E-state index is 12.5. The Bertz CT molecular complexity index is 872. The fourth-order valence-corrected chi connectivity index (χ4v) is 3.17. The van der Waals surface area contributed by atoms with E-state index in [1.165, 1.54) is 13.2 Å². The number of urea groups is 1. The zero-order chi connectivity index (χ0) is 18.1. The van der Waals surface area contributed by atoms with Gasteiger partial charge in [-0.3, -0.25) is 4.79 Å². The summed E-state index contributed by atoms with van der Waals surface area (Å²) >= 11 is 18.0. The average molecular weight is 398 g/mol. The van der Waals surface area contributed by atoms with Crippen molar-refractivity contribution in [2.24, 2.45) is 0 Å². The molecule has 1 aliphatic heterocycles. The zero-order valence-electron chi connectivity index (χ0n) is 12.8. The maximum absolute atomic E-state index is 12.5. The van der Waals surface area contributed by atoms with Crippen molar-refractivity contribution in [2.45, 2.75) is 0 Å². The Morgan fingerprint density at radius 2 is 1.64 bits per heavy atom. The molecule has 1 aliphatic rings. The lowest BCUT2D eigenvalue weighted by atomic mass is 10.1. The van der Waals surface area contributed by atoms with Crippen molar-refractivity contribution < 1.29 is 14.3 Å². The number of imide groups is 1. The Hall–Kier alpha value is -2.21. The van der Waals surface area contributed by atoms with Crippen LogP contribution < -0.4 is 15.0 Å². The van der Waals surface area contributed by atoms with E-state index in [0.717, 1.165) is 4.90 Å². The molecule has 0 radical (unpaired) electrons. The lowest BCUT2D eigenvalue weighted by molar-refractivity contribution is -0.113. The molecule has 0 unspecified atom stereocenters. The van der Waals surface area contributed by atoms with Crippen molar-refractivity contribution in [1.82, 2.24) is 5.32 Å². The van der Waals surface area contributed by atoms with E-state index >= 15 is 0 Å². The molecule has 3 amide bonds. The van der Waals surface area contributed by atoms with Crippen LogP contribution in [0.3, 0.4) is 0 Å². The molecular weight excluding hydrogens is 387 g/mol. The van der Waals surface area contributed by atoms with Crippen LogP contribution in [0.5, 0.6) is 5.75 Å². The number of hydrogen-bond acceptors (Lipinski definition) is 3. The minimum Gasteiger partial charge on any atom is -0.494 e. The van der Waals surface area contributed by atoms with E-state index in [9.17, 15) is 9.59 Å². The van der Waals surface area contributed by atoms with Gasteiger partial charge in [-0.2, -0.15) is 0 Å². The van der Waals surface area contributed by atoms with Crippen LogP contribution in [0.4, 0.5) is 10.5 Å². The van der Waals surface area contributed by atoms with E-state index in [4.69, 9.17) is 39.5 Å². The molecular formula is C17H11Cl3N2O3. The van der Waals surface area contributed by atoms with Gasteiger partial charge in [-0.05, 0) is 48.0 Å². The summed E-state index contributed by atoms with van der Waals surface area (Å²) in [5.41, 5.74) is 1.08. The third kappa shape index (κ3) is 3.44. The van der Waals surface area contributed by atoms with E-state index in [0.29, 0.717) is 32.1 Å². The monoisotopic (exact) mass is 396 g/mol. The van der Waals surface area contributed by atoms with Gasteiger partial charge in [-0.1, -0.05) is 34.8 Å². The Balaban J connectivity index is 1.94. The molecule has 2 aromatic rings. The van der Waals surface area contributed by atoms with Crippen molar-refractivity contribution in [2.75, 3.05) is 12.0 Å². The maximum Gasteiger partial charge on any atom is 0.333 e. The average Bonchev–Trinajstić information content (AvgIpc) is 2.82. The third-order valence-electron chi connectivity index (χ3n) is 3.50. The molecule has 0 bridgehead atoms. The summed E-state index contributed by atoms with van der Waals surface area (Å²) in [6, 6.07) is 9.00. The van der Waals surface area contributed by atoms with Crippen LogP contribution in [-0.4, -0.2) is 19.0 Å². The van der Waals surface area contributed by atoms with Crippen molar-refractivity contribution in [1.29, 1.82) is 0 Å². The van der Waals surface area contributed by atoms with Gasteiger partial charge in [-0.25, -0.2) is 9.69 Å². The highest BCUT2D eigenvalue weighted by Gasteiger charge is 2.34. The Morgan fingerprint density at radius 1 is 1.04 bits per heavy atom. The van der Waals surface area contributed by atoms with Gasteiger partial charge >= 0.3 is 6.03 Å². The largest absolute Gasteiger partial charge is 0.494 e. The van der Waals surface area contributed by atoms with Gasteiger partial charge in [0.05, 0.1) is 22.8 Å². The number of halogens is 3. The predicted octanol–water partition coefficient (Wildman–Crippen LogP) is 4.75. The normalized spacial score (nSPS) is 15.7. The van der Waals surface area contributed by atoms with Gasteiger partial charge < -0.3 is 10.1 Å². The van der Waals surface area contributed by atoms with Crippen LogP contribution in [0.25, 0.3) is 6.08 Å². The van der Waals surface area contributed by atoms with Gasteiger partial charge in [0.25, 0.3) is 5.91 Å². The Labute approximate surface area is 158 Å². The number of benzene rings is 2. The summed E-state index contributed by atoms with van der Waals surface area (Å²) in [7, 11) is 1.45. The number of nitrogens with zero attached hydrogens (tertiary/aromatic N) is 1. The Morgan fingerprint density at radius 3 is 2.20 bits per heavy atom. The van der Waals surface area contributed by atoms with Gasteiger partial charge in [0.1, 0.15) is 5.70 Å². The van der Waals surface area contributed by atoms with E-state index in [2.05, 4.69) is 5.32 Å². The number of anilines is 1. The van der Waals surface area contributed by atoms with Crippen LogP contribution in [0.1, 0.15) is 5.56 Å². The van der Waals surface area contributed by atoms with Crippen LogP contribution in [0.2, 0.25) is 15.1 Å². The van der Waals surface area contributed by atoms with Crippen molar-refractivity contribution in [3.8, 4) is 5.75 Å². The first kappa shape index (κ1) is 17.6. The molecule has 0 aromatic heterocycles. The molecule has 0 spiro atoms. The van der Waals surface area contributed by atoms with Gasteiger partial charge in [0.15, 0.2) is 5.75 Å². The highest BCUT2D eigenvalue weighted by Crippen LogP contribution is 2.34. The highest BCUT2D eigenvalue weighted by molar-refractivity contribution is 6.37. The van der Waals surface area contributed by atoms with E-state index in [-0.39, 0.29) is 5.70 Å². The van der Waals surface area contributed by atoms with Gasteiger partial charge in [-0.15, -0.1) is 0 Å². The predicted molar refractivity (Wildman–Crippen MR) is 98.5 cm³/mol. The number of rotatable bonds is 3. The van der Waals surface area contributed by atoms with E-state index in [1.807, 2.05) is 0 Å². The standard InChI is InChI=1S/C17H11Cl3N2O3/c1-25-15-12(19)6-9(7-13(15)20)8-14-16(23)22(17(24)21-14)11-4-2-10(18)3-5-11/h2-8H,1H3,(H,21,24). The molecule has 128 valence electrons. The number of nitrogens with one attached hydrogen (secondary N) is 1. The van der Waals surface area contributed by atoms with Crippen LogP contribution in [0.15, 0.2) is 42.1 Å². The second-order valence-electron chi connectivity index (χ2n) is 5.12.